The molecule has 3 unspecified atom stereocenters. The topological polar surface area (TPSA) is 17.1 Å². The van der Waals surface area contributed by atoms with Gasteiger partial charge in [0.15, 0.2) is 0 Å². The van der Waals surface area contributed by atoms with Gasteiger partial charge in [0.05, 0.1) is 0 Å². The van der Waals surface area contributed by atoms with Gasteiger partial charge in [0.1, 0.15) is 5.78 Å². The highest BCUT2D eigenvalue weighted by Crippen LogP contribution is 2.59. The van der Waals surface area contributed by atoms with Crippen molar-refractivity contribution < 1.29 is 4.79 Å². The maximum absolute atomic E-state index is 12.4. The zero-order valence-electron chi connectivity index (χ0n) is 13.3. The van der Waals surface area contributed by atoms with Crippen LogP contribution >= 0.6 is 0 Å². The third-order valence-corrected chi connectivity index (χ3v) is 5.45. The molecule has 1 aliphatic carbocycles. The predicted octanol–water partition coefficient (Wildman–Crippen LogP) is 5.23. The third-order valence-electron chi connectivity index (χ3n) is 5.45. The van der Waals surface area contributed by atoms with E-state index in [0.29, 0.717) is 11.7 Å². The van der Waals surface area contributed by atoms with Crippen LogP contribution in [0.15, 0.2) is 0 Å². The molecule has 0 saturated heterocycles. The zero-order valence-corrected chi connectivity index (χ0v) is 13.3. The summed E-state index contributed by atoms with van der Waals surface area (Å²) < 4.78 is 0. The van der Waals surface area contributed by atoms with Crippen LogP contribution in [-0.2, 0) is 4.79 Å². The van der Waals surface area contributed by atoms with Crippen molar-refractivity contribution in [2.24, 2.45) is 22.7 Å². The second kappa shape index (κ2) is 5.75. The van der Waals surface area contributed by atoms with Crippen LogP contribution in [0.4, 0.5) is 0 Å². The van der Waals surface area contributed by atoms with Gasteiger partial charge in [-0.3, -0.25) is 4.79 Å². The zero-order chi connectivity index (χ0) is 14.0. The van der Waals surface area contributed by atoms with E-state index in [9.17, 15) is 4.79 Å². The van der Waals surface area contributed by atoms with E-state index < -0.39 is 0 Å². The molecule has 1 fully saturated rings. The molecule has 0 amide bonds. The largest absolute Gasteiger partial charge is 0.299 e. The van der Waals surface area contributed by atoms with Gasteiger partial charge in [-0.25, -0.2) is 0 Å². The van der Waals surface area contributed by atoms with Gasteiger partial charge in [-0.05, 0) is 37.0 Å². The summed E-state index contributed by atoms with van der Waals surface area (Å²) in [5, 5.41) is 0. The Morgan fingerprint density at radius 1 is 1.28 bits per heavy atom. The molecule has 0 aromatic rings. The maximum atomic E-state index is 12.4. The lowest BCUT2D eigenvalue weighted by atomic mass is 9.57. The van der Waals surface area contributed by atoms with Crippen molar-refractivity contribution in [3.8, 4) is 0 Å². The molecule has 106 valence electrons. The quantitative estimate of drug-likeness (QED) is 0.654. The van der Waals surface area contributed by atoms with Gasteiger partial charge in [0, 0.05) is 5.41 Å². The van der Waals surface area contributed by atoms with Gasteiger partial charge < -0.3 is 0 Å². The Bertz CT molecular complexity index is 286. The molecular weight excluding hydrogens is 220 g/mol. The second-order valence-corrected chi connectivity index (χ2v) is 7.23. The summed E-state index contributed by atoms with van der Waals surface area (Å²) in [4.78, 5) is 12.4. The smallest absolute Gasteiger partial charge is 0.136 e. The van der Waals surface area contributed by atoms with Gasteiger partial charge in [-0.2, -0.15) is 0 Å². The van der Waals surface area contributed by atoms with Gasteiger partial charge >= 0.3 is 0 Å². The Hall–Kier alpha value is -0.330. The number of carbonyl (C=O) groups excluding carboxylic acids is 1. The molecule has 1 nitrogen and oxygen atoms in total. The summed E-state index contributed by atoms with van der Waals surface area (Å²) in [5.74, 6) is 1.81. The highest BCUT2D eigenvalue weighted by molar-refractivity contribution is 5.84. The van der Waals surface area contributed by atoms with Crippen LogP contribution < -0.4 is 0 Å². The summed E-state index contributed by atoms with van der Waals surface area (Å²) in [6.45, 7) is 13.2. The third kappa shape index (κ3) is 2.51. The molecule has 0 bridgehead atoms. The first-order valence-electron chi connectivity index (χ1n) is 7.82. The number of Topliss-reactive ketones (excluding diaryl/α,β-unsaturated/α-hetero) is 1. The number of ketones is 1. The second-order valence-electron chi connectivity index (χ2n) is 7.23. The fraction of sp³-hybridized carbons (Fsp3) is 0.941. The Morgan fingerprint density at radius 3 is 2.28 bits per heavy atom. The van der Waals surface area contributed by atoms with Crippen LogP contribution in [0, 0.1) is 22.7 Å². The molecule has 0 spiro atoms. The van der Waals surface area contributed by atoms with Crippen LogP contribution in [0.1, 0.15) is 80.1 Å². The number of carbonyl (C=O) groups is 1. The molecule has 0 aromatic carbocycles. The maximum Gasteiger partial charge on any atom is 0.136 e. The van der Waals surface area contributed by atoms with E-state index in [1.807, 2.05) is 6.92 Å². The Kier molecular flexibility index (Phi) is 5.03. The molecule has 1 saturated carbocycles. The fourth-order valence-corrected chi connectivity index (χ4v) is 4.59. The van der Waals surface area contributed by atoms with E-state index in [2.05, 4.69) is 34.6 Å². The first kappa shape index (κ1) is 15.7. The van der Waals surface area contributed by atoms with Crippen molar-refractivity contribution in [1.82, 2.24) is 0 Å². The molecule has 3 atom stereocenters. The van der Waals surface area contributed by atoms with Crippen molar-refractivity contribution in [1.29, 1.82) is 0 Å². The van der Waals surface area contributed by atoms with E-state index >= 15 is 0 Å². The van der Waals surface area contributed by atoms with Crippen LogP contribution in [0.5, 0.6) is 0 Å². The minimum Gasteiger partial charge on any atom is -0.299 e. The SMILES string of the molecule is CCCCC1CCC(C(C)=O)(C(C)(C)C)C1CC. The normalized spacial score (nSPS) is 32.8. The standard InChI is InChI=1S/C17H32O/c1-7-9-10-14-11-12-17(13(3)18,15(14)8-2)16(4,5)6/h14-15H,7-12H2,1-6H3. The molecule has 0 aromatic heterocycles. The average molecular weight is 252 g/mol. The van der Waals surface area contributed by atoms with E-state index in [0.717, 1.165) is 18.8 Å². The average Bonchev–Trinajstić information content (AvgIpc) is 2.64. The van der Waals surface area contributed by atoms with Crippen LogP contribution in [-0.4, -0.2) is 5.78 Å². The Balaban J connectivity index is 3.02. The predicted molar refractivity (Wildman–Crippen MR) is 78.6 cm³/mol. The summed E-state index contributed by atoms with van der Waals surface area (Å²) >= 11 is 0. The summed E-state index contributed by atoms with van der Waals surface area (Å²) in [6.07, 6.45) is 7.44. The Morgan fingerprint density at radius 2 is 1.89 bits per heavy atom. The van der Waals surface area contributed by atoms with Gasteiger partial charge in [0.2, 0.25) is 0 Å². The number of unbranched alkanes of at least 4 members (excludes halogenated alkanes) is 1. The van der Waals surface area contributed by atoms with E-state index in [1.165, 1.54) is 25.7 Å². The first-order valence-corrected chi connectivity index (χ1v) is 7.82. The van der Waals surface area contributed by atoms with Crippen LogP contribution in [0.25, 0.3) is 0 Å². The monoisotopic (exact) mass is 252 g/mol. The Labute approximate surface area is 114 Å². The van der Waals surface area contributed by atoms with Crippen LogP contribution in [0.3, 0.4) is 0 Å². The number of rotatable bonds is 5. The summed E-state index contributed by atoms with van der Waals surface area (Å²) in [6, 6.07) is 0. The van der Waals surface area contributed by atoms with Crippen LogP contribution in [0.2, 0.25) is 0 Å². The lowest BCUT2D eigenvalue weighted by molar-refractivity contribution is -0.137. The van der Waals surface area contributed by atoms with Crippen molar-refractivity contribution in [2.45, 2.75) is 80.1 Å². The first-order chi connectivity index (χ1) is 8.31. The molecule has 1 rings (SSSR count). The van der Waals surface area contributed by atoms with E-state index in [4.69, 9.17) is 0 Å². The molecule has 1 aliphatic rings. The van der Waals surface area contributed by atoms with E-state index in [-0.39, 0.29) is 10.8 Å². The van der Waals surface area contributed by atoms with Gasteiger partial charge in [-0.1, -0.05) is 60.3 Å². The van der Waals surface area contributed by atoms with Gasteiger partial charge in [0.25, 0.3) is 0 Å². The minimum atomic E-state index is -0.0693. The van der Waals surface area contributed by atoms with E-state index in [1.54, 1.807) is 0 Å². The van der Waals surface area contributed by atoms with Crippen molar-refractivity contribution in [3.05, 3.63) is 0 Å². The lowest BCUT2D eigenvalue weighted by Crippen LogP contribution is -2.45. The molecule has 0 radical (unpaired) electrons. The number of hydrogen-bond donors (Lipinski definition) is 0. The highest BCUT2D eigenvalue weighted by atomic mass is 16.1. The summed E-state index contributed by atoms with van der Waals surface area (Å²) in [5.41, 5.74) is 0.0284. The highest BCUT2D eigenvalue weighted by Gasteiger charge is 2.56. The molecule has 18 heavy (non-hydrogen) atoms. The van der Waals surface area contributed by atoms with Crippen molar-refractivity contribution in [3.63, 3.8) is 0 Å². The lowest BCUT2D eigenvalue weighted by Gasteiger charge is -2.45. The van der Waals surface area contributed by atoms with Crippen molar-refractivity contribution >= 4 is 5.78 Å². The fourth-order valence-electron chi connectivity index (χ4n) is 4.59. The number of hydrogen-bond acceptors (Lipinski definition) is 1. The van der Waals surface area contributed by atoms with Crippen molar-refractivity contribution in [2.75, 3.05) is 0 Å². The molecule has 0 N–H and O–H groups in total. The van der Waals surface area contributed by atoms with Gasteiger partial charge in [-0.15, -0.1) is 0 Å². The molecule has 1 heteroatoms. The molecule has 0 heterocycles. The molecule has 0 aliphatic heterocycles. The minimum absolute atomic E-state index is 0.0693. The summed E-state index contributed by atoms with van der Waals surface area (Å²) in [7, 11) is 0. The molecular formula is C17H32O.